The molecule has 44 heavy (non-hydrogen) atoms. The number of hydrogen-bond donors (Lipinski definition) is 7. The molecule has 0 radical (unpaired) electrons. The maximum absolute atomic E-state index is 14.5. The number of aliphatic hydroxyl groups is 2. The number of carbonyl (C=O) groups is 4. The summed E-state index contributed by atoms with van der Waals surface area (Å²) < 4.78 is 19.8. The van der Waals surface area contributed by atoms with Gasteiger partial charge in [-0.3, -0.25) is 15.5 Å². The number of benzene rings is 3. The summed E-state index contributed by atoms with van der Waals surface area (Å²) in [6, 6.07) is 18.9. The molecule has 3 aromatic carbocycles. The summed E-state index contributed by atoms with van der Waals surface area (Å²) in [6.45, 7) is 0.774. The molecule has 1 aliphatic rings. The lowest BCUT2D eigenvalue weighted by atomic mass is 10.1. The molecular weight excluding hydrogens is 603 g/mol. The van der Waals surface area contributed by atoms with E-state index >= 15 is 0 Å². The van der Waals surface area contributed by atoms with Crippen LogP contribution in [0.15, 0.2) is 72.8 Å². The van der Waals surface area contributed by atoms with Crippen molar-refractivity contribution in [2.24, 2.45) is 0 Å². The van der Waals surface area contributed by atoms with Crippen LogP contribution in [0.4, 0.5) is 26.2 Å². The van der Waals surface area contributed by atoms with Crippen molar-refractivity contribution in [3.8, 4) is 0 Å². The zero-order valence-electron chi connectivity index (χ0n) is 22.8. The highest BCUT2D eigenvalue weighted by Crippen LogP contribution is 2.26. The van der Waals surface area contributed by atoms with Crippen LogP contribution in [0.1, 0.15) is 24.5 Å². The molecule has 0 bridgehead atoms. The molecule has 2 amide bonds. The van der Waals surface area contributed by atoms with E-state index in [1.54, 1.807) is 54.6 Å². The molecule has 0 saturated carbocycles. The molecule has 13 nitrogen and oxygen atoms in total. The number of nitrogens with zero attached hydrogens (tertiary/aromatic N) is 1. The van der Waals surface area contributed by atoms with Gasteiger partial charge in [-0.1, -0.05) is 29.8 Å². The van der Waals surface area contributed by atoms with Gasteiger partial charge in [0.2, 0.25) is 6.10 Å². The number of nitrogens with one attached hydrogen (secondary N) is 3. The number of amidine groups is 1. The Morgan fingerprint density at radius 1 is 0.864 bits per heavy atom. The standard InChI is InChI=1S/C25H22ClFN4O3.C4H6O6/c26-16-7-9-18(10-8-16)30-25(33)34-23(20-4-1-2-5-21(20)27)24(32)29-17-11-13-19(14-12-17)31-15-3-6-22(31)28;5-1(3(7)8)2(6)4(9)10/h1-2,4-5,7-14,23,28H,3,6,15H2,(H,29,32)(H,30,33);1-2,5-6H,(H,7,8)(H,9,10)/t23-;/m1./s1. The summed E-state index contributed by atoms with van der Waals surface area (Å²) in [7, 11) is 0. The molecule has 232 valence electrons. The number of aliphatic carboxylic acids is 2. The second kappa shape index (κ2) is 15.4. The molecule has 0 spiro atoms. The van der Waals surface area contributed by atoms with Gasteiger partial charge in [-0.05, 0) is 61.0 Å². The quantitative estimate of drug-likeness (QED) is 0.181. The summed E-state index contributed by atoms with van der Waals surface area (Å²) in [4.78, 5) is 47.0. The van der Waals surface area contributed by atoms with Crippen LogP contribution >= 0.6 is 11.6 Å². The van der Waals surface area contributed by atoms with E-state index in [2.05, 4.69) is 10.6 Å². The third-order valence-electron chi connectivity index (χ3n) is 6.11. The minimum atomic E-state index is -2.27. The molecule has 4 rings (SSSR count). The van der Waals surface area contributed by atoms with Crippen molar-refractivity contribution in [3.05, 3.63) is 89.2 Å². The van der Waals surface area contributed by atoms with Crippen molar-refractivity contribution < 1.29 is 48.7 Å². The molecule has 1 saturated heterocycles. The first-order chi connectivity index (χ1) is 20.9. The number of carbonyl (C=O) groups excluding carboxylic acids is 2. The van der Waals surface area contributed by atoms with Gasteiger partial charge >= 0.3 is 18.0 Å². The molecule has 1 aliphatic heterocycles. The maximum atomic E-state index is 14.5. The molecule has 3 aromatic rings. The van der Waals surface area contributed by atoms with Crippen LogP contribution in [0, 0.1) is 11.2 Å². The van der Waals surface area contributed by atoms with E-state index < -0.39 is 48.1 Å². The Labute approximate surface area is 255 Å². The van der Waals surface area contributed by atoms with Crippen LogP contribution in [-0.2, 0) is 19.1 Å². The molecule has 7 N–H and O–H groups in total. The number of hydrogen-bond acceptors (Lipinski definition) is 8. The topological polar surface area (TPSA) is 210 Å². The zero-order valence-corrected chi connectivity index (χ0v) is 23.6. The van der Waals surface area contributed by atoms with Crippen molar-refractivity contribution >= 4 is 58.4 Å². The van der Waals surface area contributed by atoms with Gasteiger partial charge in [0.25, 0.3) is 5.91 Å². The third-order valence-corrected chi connectivity index (χ3v) is 6.37. The average Bonchev–Trinajstić information content (AvgIpc) is 3.43. The molecule has 15 heteroatoms. The number of halogens is 2. The predicted molar refractivity (Wildman–Crippen MR) is 157 cm³/mol. The lowest BCUT2D eigenvalue weighted by molar-refractivity contribution is -0.165. The smallest absolute Gasteiger partial charge is 0.412 e. The van der Waals surface area contributed by atoms with Crippen LogP contribution in [0.3, 0.4) is 0 Å². The van der Waals surface area contributed by atoms with Crippen LogP contribution in [-0.4, -0.2) is 69.0 Å². The summed E-state index contributed by atoms with van der Waals surface area (Å²) in [5.74, 6) is -4.37. The zero-order chi connectivity index (χ0) is 32.4. The van der Waals surface area contributed by atoms with Crippen molar-refractivity contribution in [1.82, 2.24) is 0 Å². The Morgan fingerprint density at radius 2 is 1.41 bits per heavy atom. The van der Waals surface area contributed by atoms with Crippen molar-refractivity contribution in [2.75, 3.05) is 22.1 Å². The summed E-state index contributed by atoms with van der Waals surface area (Å²) >= 11 is 5.85. The minimum Gasteiger partial charge on any atom is -0.479 e. The SMILES string of the molecule is N=C1CCCN1c1ccc(NC(=O)[C@H](OC(=O)Nc2ccc(Cl)cc2)c2ccccc2F)cc1.O=C(O)C(O)C(O)C(=O)O. The Hall–Kier alpha value is -5.05. The van der Waals surface area contributed by atoms with E-state index in [9.17, 15) is 23.6 Å². The Morgan fingerprint density at radius 3 is 1.93 bits per heavy atom. The van der Waals surface area contributed by atoms with Crippen LogP contribution in [0.5, 0.6) is 0 Å². The lowest BCUT2D eigenvalue weighted by Crippen LogP contribution is -2.39. The number of ether oxygens (including phenoxy) is 1. The van der Waals surface area contributed by atoms with E-state index in [4.69, 9.17) is 42.2 Å². The molecule has 1 fully saturated rings. The van der Waals surface area contributed by atoms with E-state index in [-0.39, 0.29) is 5.56 Å². The van der Waals surface area contributed by atoms with Crippen LogP contribution < -0.4 is 15.5 Å². The summed E-state index contributed by atoms with van der Waals surface area (Å²) in [5, 5.41) is 46.2. The molecule has 0 aromatic heterocycles. The van der Waals surface area contributed by atoms with Gasteiger partial charge < -0.3 is 35.4 Å². The van der Waals surface area contributed by atoms with Gasteiger partial charge in [0, 0.05) is 40.6 Å². The Bertz CT molecular complexity index is 1490. The highest BCUT2D eigenvalue weighted by atomic mass is 35.5. The molecule has 1 heterocycles. The summed E-state index contributed by atoms with van der Waals surface area (Å²) in [5.41, 5.74) is 1.63. The first-order valence-corrected chi connectivity index (χ1v) is 13.3. The van der Waals surface area contributed by atoms with Crippen molar-refractivity contribution in [1.29, 1.82) is 5.41 Å². The Kier molecular flexibility index (Phi) is 11.7. The first kappa shape index (κ1) is 33.5. The van der Waals surface area contributed by atoms with Crippen LogP contribution in [0.2, 0.25) is 5.02 Å². The van der Waals surface area contributed by atoms with E-state index in [0.29, 0.717) is 22.2 Å². The minimum absolute atomic E-state index is 0.0756. The molecule has 3 atom stereocenters. The van der Waals surface area contributed by atoms with Gasteiger partial charge in [0.05, 0.1) is 0 Å². The highest BCUT2D eigenvalue weighted by molar-refractivity contribution is 6.30. The maximum Gasteiger partial charge on any atom is 0.412 e. The van der Waals surface area contributed by atoms with Crippen LogP contribution in [0.25, 0.3) is 0 Å². The van der Waals surface area contributed by atoms with Gasteiger partial charge in [0.1, 0.15) is 11.7 Å². The normalized spacial score (nSPS) is 14.4. The Balaban J connectivity index is 0.000000456. The first-order valence-electron chi connectivity index (χ1n) is 12.9. The predicted octanol–water partition coefficient (Wildman–Crippen LogP) is 3.86. The van der Waals surface area contributed by atoms with E-state index in [0.717, 1.165) is 25.1 Å². The van der Waals surface area contributed by atoms with Crippen molar-refractivity contribution in [2.45, 2.75) is 31.2 Å². The number of anilines is 3. The number of carboxylic acid groups (broad SMARTS) is 2. The molecule has 2 unspecified atom stereocenters. The highest BCUT2D eigenvalue weighted by Gasteiger charge is 2.30. The average molecular weight is 631 g/mol. The fourth-order valence-electron chi connectivity index (χ4n) is 3.90. The fraction of sp³-hybridized carbons (Fsp3) is 0.207. The van der Waals surface area contributed by atoms with E-state index in [1.807, 2.05) is 4.90 Å². The van der Waals surface area contributed by atoms with Gasteiger partial charge in [-0.25, -0.2) is 18.8 Å². The largest absolute Gasteiger partial charge is 0.479 e. The van der Waals surface area contributed by atoms with E-state index in [1.165, 1.54) is 18.2 Å². The second-order valence-electron chi connectivity index (χ2n) is 9.24. The summed E-state index contributed by atoms with van der Waals surface area (Å²) in [6.07, 6.45) is -5.32. The molecular formula is C29H28ClFN4O9. The monoisotopic (exact) mass is 630 g/mol. The van der Waals surface area contributed by atoms with Gasteiger partial charge in [-0.2, -0.15) is 0 Å². The van der Waals surface area contributed by atoms with Gasteiger partial charge in [0.15, 0.2) is 12.2 Å². The number of carboxylic acids is 2. The second-order valence-corrected chi connectivity index (χ2v) is 9.68. The number of rotatable bonds is 9. The lowest BCUT2D eigenvalue weighted by Gasteiger charge is -2.20. The number of aliphatic hydroxyl groups excluding tert-OH is 2. The fourth-order valence-corrected chi connectivity index (χ4v) is 4.02. The molecule has 0 aliphatic carbocycles. The van der Waals surface area contributed by atoms with Gasteiger partial charge in [-0.15, -0.1) is 0 Å². The third kappa shape index (κ3) is 9.22. The van der Waals surface area contributed by atoms with Crippen molar-refractivity contribution in [3.63, 3.8) is 0 Å². The number of amides is 2.